The first kappa shape index (κ1) is 22.3. The number of pyridine rings is 1. The zero-order chi connectivity index (χ0) is 23.0. The number of halogens is 3. The van der Waals surface area contributed by atoms with Gasteiger partial charge in [-0.1, -0.05) is 12.1 Å². The Morgan fingerprint density at radius 3 is 2.56 bits per heavy atom. The van der Waals surface area contributed by atoms with Crippen LogP contribution < -0.4 is 5.32 Å². The van der Waals surface area contributed by atoms with E-state index >= 15 is 0 Å². The third kappa shape index (κ3) is 3.98. The molecule has 0 aliphatic carbocycles. The summed E-state index contributed by atoms with van der Waals surface area (Å²) in [4.78, 5) is 6.39. The Labute approximate surface area is 189 Å². The molecule has 1 fully saturated rings. The van der Waals surface area contributed by atoms with Gasteiger partial charge in [-0.25, -0.2) is 0 Å². The van der Waals surface area contributed by atoms with Gasteiger partial charge in [0.1, 0.15) is 0 Å². The van der Waals surface area contributed by atoms with Gasteiger partial charge in [0.2, 0.25) is 0 Å². The maximum atomic E-state index is 13.3. The summed E-state index contributed by atoms with van der Waals surface area (Å²) in [6, 6.07) is 12.4. The Hall–Kier alpha value is -2.91. The van der Waals surface area contributed by atoms with Crippen molar-refractivity contribution >= 4 is 17.3 Å². The van der Waals surface area contributed by atoms with Crippen molar-refractivity contribution in [1.82, 2.24) is 19.8 Å². The molecule has 0 amide bonds. The molecular weight excluding hydrogens is 437 g/mol. The van der Waals surface area contributed by atoms with E-state index in [0.29, 0.717) is 17.3 Å². The third-order valence-corrected chi connectivity index (χ3v) is 6.11. The van der Waals surface area contributed by atoms with Crippen molar-refractivity contribution in [2.75, 3.05) is 13.2 Å². The minimum absolute atomic E-state index is 0.0837. The number of aliphatic hydroxyl groups is 1. The quantitative estimate of drug-likeness (QED) is 0.550. The Bertz CT molecular complexity index is 1130. The van der Waals surface area contributed by atoms with Gasteiger partial charge in [-0.3, -0.25) is 4.98 Å². The molecule has 1 aliphatic rings. The summed E-state index contributed by atoms with van der Waals surface area (Å²) in [5.41, 5.74) is 3.07. The van der Waals surface area contributed by atoms with Gasteiger partial charge >= 0.3 is 6.18 Å². The van der Waals surface area contributed by atoms with E-state index in [9.17, 15) is 18.3 Å². The van der Waals surface area contributed by atoms with Crippen molar-refractivity contribution in [3.05, 3.63) is 82.9 Å². The number of aryl methyl sites for hydroxylation is 1. The number of aliphatic hydroxyl groups excluding tert-OH is 1. The smallest absolute Gasteiger partial charge is 0.395 e. The lowest BCUT2D eigenvalue weighted by Crippen LogP contribution is -2.32. The molecule has 2 aromatic heterocycles. The van der Waals surface area contributed by atoms with Crippen molar-refractivity contribution in [1.29, 1.82) is 0 Å². The summed E-state index contributed by atoms with van der Waals surface area (Å²) in [6.07, 6.45) is -2.71. The van der Waals surface area contributed by atoms with E-state index in [1.807, 2.05) is 47.6 Å². The molecule has 5 nitrogen and oxygen atoms in total. The van der Waals surface area contributed by atoms with Gasteiger partial charge in [0.05, 0.1) is 29.9 Å². The van der Waals surface area contributed by atoms with Gasteiger partial charge in [0.15, 0.2) is 5.11 Å². The van der Waals surface area contributed by atoms with Crippen LogP contribution in [-0.4, -0.2) is 37.8 Å². The molecule has 1 aromatic carbocycles. The second-order valence-corrected chi connectivity index (χ2v) is 8.14. The zero-order valence-electron chi connectivity index (χ0n) is 17.6. The molecule has 9 heteroatoms. The first-order valence-electron chi connectivity index (χ1n) is 10.2. The molecule has 1 saturated heterocycles. The molecule has 32 heavy (non-hydrogen) atoms. The highest BCUT2D eigenvalue weighted by Gasteiger charge is 2.41. The number of nitrogens with one attached hydrogen (secondary N) is 1. The summed E-state index contributed by atoms with van der Waals surface area (Å²) in [5, 5.41) is 13.4. The topological polar surface area (TPSA) is 53.3 Å². The minimum atomic E-state index is -4.42. The predicted octanol–water partition coefficient (Wildman–Crippen LogP) is 4.47. The molecule has 168 valence electrons. The van der Waals surface area contributed by atoms with Crippen LogP contribution >= 0.6 is 12.2 Å². The Morgan fingerprint density at radius 2 is 1.91 bits per heavy atom. The number of alkyl halides is 3. The molecule has 0 radical (unpaired) electrons. The van der Waals surface area contributed by atoms with Crippen molar-refractivity contribution in [3.63, 3.8) is 0 Å². The lowest BCUT2D eigenvalue weighted by atomic mass is 9.97. The number of nitrogens with zero attached hydrogens (tertiary/aromatic N) is 3. The fraction of sp³-hybridized carbons (Fsp3) is 0.304. The molecular formula is C23H23F3N4OS. The van der Waals surface area contributed by atoms with Gasteiger partial charge in [-0.15, -0.1) is 0 Å². The number of rotatable bonds is 5. The van der Waals surface area contributed by atoms with Crippen LogP contribution in [0.4, 0.5) is 13.2 Å². The van der Waals surface area contributed by atoms with Crippen molar-refractivity contribution in [2.45, 2.75) is 32.1 Å². The van der Waals surface area contributed by atoms with Crippen molar-refractivity contribution in [2.24, 2.45) is 0 Å². The standard InChI is InChI=1S/C23H23F3N4OS/c1-14-12-18(15(2)30(14)17-7-5-6-16(13-17)23(24,25)26)21-20(19-8-3-4-9-27-19)28-22(32)29(21)10-11-31/h3-9,12-13,20-21,31H,10-11H2,1-2H3,(H,28,32)/t20-,21-/m1/s1. The van der Waals surface area contributed by atoms with Gasteiger partial charge < -0.3 is 19.9 Å². The van der Waals surface area contributed by atoms with Crippen LogP contribution in [0.15, 0.2) is 54.7 Å². The maximum absolute atomic E-state index is 13.3. The number of hydrogen-bond donors (Lipinski definition) is 2. The third-order valence-electron chi connectivity index (χ3n) is 5.76. The van der Waals surface area contributed by atoms with Crippen LogP contribution in [0, 0.1) is 13.8 Å². The first-order valence-corrected chi connectivity index (χ1v) is 10.6. The van der Waals surface area contributed by atoms with Gasteiger partial charge in [0.25, 0.3) is 0 Å². The number of β-amino-alcohol motifs (C(OH)–C–C–N with tert-alkyl or cyclic N) is 1. The number of thiocarbonyl (C=S) groups is 1. The van der Waals surface area contributed by atoms with Crippen LogP contribution in [0.1, 0.15) is 40.3 Å². The molecule has 3 heterocycles. The van der Waals surface area contributed by atoms with E-state index in [2.05, 4.69) is 10.3 Å². The largest absolute Gasteiger partial charge is 0.416 e. The van der Waals surface area contributed by atoms with E-state index < -0.39 is 11.7 Å². The SMILES string of the molecule is Cc1cc([C@@H]2[C@@H](c3ccccn3)NC(=S)N2CCO)c(C)n1-c1cccc(C(F)(F)F)c1. The van der Waals surface area contributed by atoms with E-state index in [-0.39, 0.29) is 18.7 Å². The molecule has 2 N–H and O–H groups in total. The molecule has 3 aromatic rings. The summed E-state index contributed by atoms with van der Waals surface area (Å²) in [7, 11) is 0. The molecule has 0 bridgehead atoms. The minimum Gasteiger partial charge on any atom is -0.395 e. The highest BCUT2D eigenvalue weighted by atomic mass is 32.1. The fourth-order valence-electron chi connectivity index (χ4n) is 4.40. The van der Waals surface area contributed by atoms with Crippen molar-refractivity contribution < 1.29 is 18.3 Å². The highest BCUT2D eigenvalue weighted by molar-refractivity contribution is 7.80. The van der Waals surface area contributed by atoms with E-state index in [4.69, 9.17) is 12.2 Å². The molecule has 0 spiro atoms. The molecule has 4 rings (SSSR count). The number of hydrogen-bond acceptors (Lipinski definition) is 3. The molecule has 1 aliphatic heterocycles. The van der Waals surface area contributed by atoms with Crippen LogP contribution in [-0.2, 0) is 6.18 Å². The Morgan fingerprint density at radius 1 is 1.12 bits per heavy atom. The fourth-order valence-corrected chi connectivity index (χ4v) is 4.73. The summed E-state index contributed by atoms with van der Waals surface area (Å²) in [6.45, 7) is 3.99. The average molecular weight is 461 g/mol. The second kappa shape index (κ2) is 8.55. The lowest BCUT2D eigenvalue weighted by molar-refractivity contribution is -0.137. The van der Waals surface area contributed by atoms with Gasteiger partial charge in [-0.2, -0.15) is 13.2 Å². The summed E-state index contributed by atoms with van der Waals surface area (Å²) >= 11 is 5.54. The predicted molar refractivity (Wildman–Crippen MR) is 119 cm³/mol. The van der Waals surface area contributed by atoms with E-state index in [1.165, 1.54) is 6.07 Å². The maximum Gasteiger partial charge on any atom is 0.416 e. The van der Waals surface area contributed by atoms with Gasteiger partial charge in [0, 0.05) is 29.8 Å². The van der Waals surface area contributed by atoms with Crippen LogP contribution in [0.2, 0.25) is 0 Å². The Kier molecular flexibility index (Phi) is 5.96. The van der Waals surface area contributed by atoms with Crippen LogP contribution in [0.25, 0.3) is 5.69 Å². The summed E-state index contributed by atoms with van der Waals surface area (Å²) in [5.74, 6) is 0. The number of aromatic nitrogens is 2. The van der Waals surface area contributed by atoms with E-state index in [0.717, 1.165) is 34.8 Å². The van der Waals surface area contributed by atoms with Gasteiger partial charge in [-0.05, 0) is 68.0 Å². The molecule has 0 saturated carbocycles. The van der Waals surface area contributed by atoms with Crippen molar-refractivity contribution in [3.8, 4) is 5.69 Å². The molecule has 2 atom stereocenters. The van der Waals surface area contributed by atoms with Crippen LogP contribution in [0.3, 0.4) is 0 Å². The molecule has 0 unspecified atom stereocenters. The zero-order valence-corrected chi connectivity index (χ0v) is 18.4. The average Bonchev–Trinajstić information content (AvgIpc) is 3.24. The van der Waals surface area contributed by atoms with Crippen LogP contribution in [0.5, 0.6) is 0 Å². The monoisotopic (exact) mass is 460 g/mol. The second-order valence-electron chi connectivity index (χ2n) is 7.75. The lowest BCUT2D eigenvalue weighted by Gasteiger charge is -2.27. The first-order chi connectivity index (χ1) is 15.2. The normalized spacial score (nSPS) is 18.8. The highest BCUT2D eigenvalue weighted by Crippen LogP contribution is 2.41. The number of benzene rings is 1. The van der Waals surface area contributed by atoms with E-state index in [1.54, 1.807) is 12.3 Å². The Balaban J connectivity index is 1.83. The summed E-state index contributed by atoms with van der Waals surface area (Å²) < 4.78 is 41.7.